The highest BCUT2D eigenvalue weighted by molar-refractivity contribution is 5.92. The Bertz CT molecular complexity index is 1290. The highest BCUT2D eigenvalue weighted by Crippen LogP contribution is 2.47. The van der Waals surface area contributed by atoms with Gasteiger partial charge in [0, 0.05) is 22.6 Å². The van der Waals surface area contributed by atoms with Gasteiger partial charge in [0.1, 0.15) is 5.75 Å². The third-order valence-electron chi connectivity index (χ3n) is 10.5. The summed E-state index contributed by atoms with van der Waals surface area (Å²) in [4.78, 5) is 12.1. The van der Waals surface area contributed by atoms with Gasteiger partial charge in [-0.05, 0) is 88.2 Å². The summed E-state index contributed by atoms with van der Waals surface area (Å²) in [5, 5.41) is 21.9. The molecule has 2 aromatic carbocycles. The Morgan fingerprint density at radius 3 is 1.51 bits per heavy atom. The molecule has 3 nitrogen and oxygen atoms in total. The Morgan fingerprint density at radius 1 is 0.707 bits per heavy atom. The van der Waals surface area contributed by atoms with E-state index in [1.165, 1.54) is 16.7 Å². The molecule has 0 spiro atoms. The number of hydrogen-bond acceptors (Lipinski definition) is 2. The molecule has 0 radical (unpaired) electrons. The minimum atomic E-state index is -0.914. The molecule has 3 heteroatoms. The molecular formula is C38H58O3. The lowest BCUT2D eigenvalue weighted by Gasteiger charge is -2.34. The molecule has 0 heterocycles. The number of aromatic hydroxyl groups is 1. The Balaban J connectivity index is 3.17. The molecule has 0 bridgehead atoms. The maximum absolute atomic E-state index is 12.1. The molecule has 0 aliphatic rings. The fourth-order valence-corrected chi connectivity index (χ4v) is 5.27. The SMILES string of the molecule is CCC(C)(C)c1cc(C(C)c2cc(C(C)(C)CC)cc(C(C)(C)CC)c2C=C(C)C(=O)O)c(O)c(C(C)(C)CC)c1. The van der Waals surface area contributed by atoms with Gasteiger partial charge in [0.15, 0.2) is 0 Å². The molecule has 1 unspecified atom stereocenters. The van der Waals surface area contributed by atoms with Gasteiger partial charge in [-0.2, -0.15) is 0 Å². The summed E-state index contributed by atoms with van der Waals surface area (Å²) < 4.78 is 0. The number of rotatable bonds is 12. The Morgan fingerprint density at radius 2 is 1.10 bits per heavy atom. The van der Waals surface area contributed by atoms with Crippen molar-refractivity contribution in [2.75, 3.05) is 0 Å². The van der Waals surface area contributed by atoms with E-state index in [-0.39, 0.29) is 27.6 Å². The fraction of sp³-hybridized carbons (Fsp3) is 0.605. The van der Waals surface area contributed by atoms with E-state index in [0.29, 0.717) is 11.3 Å². The monoisotopic (exact) mass is 562 g/mol. The van der Waals surface area contributed by atoms with Crippen molar-refractivity contribution in [2.24, 2.45) is 0 Å². The first kappa shape index (κ1) is 34.7. The lowest BCUT2D eigenvalue weighted by Crippen LogP contribution is -2.24. The molecule has 0 fully saturated rings. The van der Waals surface area contributed by atoms with Crippen molar-refractivity contribution in [3.63, 3.8) is 0 Å². The van der Waals surface area contributed by atoms with E-state index >= 15 is 0 Å². The van der Waals surface area contributed by atoms with Gasteiger partial charge < -0.3 is 10.2 Å². The number of phenolic OH excluding ortho intramolecular Hbond substituents is 1. The first-order valence-electron chi connectivity index (χ1n) is 15.7. The normalized spacial score (nSPS) is 14.3. The molecule has 0 saturated carbocycles. The van der Waals surface area contributed by atoms with Gasteiger partial charge in [-0.1, -0.05) is 114 Å². The minimum Gasteiger partial charge on any atom is -0.507 e. The summed E-state index contributed by atoms with van der Waals surface area (Å²) in [6.07, 6.45) is 5.65. The van der Waals surface area contributed by atoms with Crippen molar-refractivity contribution >= 4 is 12.0 Å². The molecule has 2 aromatic rings. The van der Waals surface area contributed by atoms with Crippen LogP contribution >= 0.6 is 0 Å². The summed E-state index contributed by atoms with van der Waals surface area (Å²) in [5.74, 6) is -0.703. The molecule has 0 saturated heterocycles. The average Bonchev–Trinajstić information content (AvgIpc) is 2.92. The Hall–Kier alpha value is -2.55. The largest absolute Gasteiger partial charge is 0.507 e. The van der Waals surface area contributed by atoms with E-state index in [4.69, 9.17) is 0 Å². The second-order valence-corrected chi connectivity index (χ2v) is 14.8. The third kappa shape index (κ3) is 7.09. The molecule has 2 rings (SSSR count). The van der Waals surface area contributed by atoms with Crippen LogP contribution in [-0.4, -0.2) is 16.2 Å². The predicted molar refractivity (Wildman–Crippen MR) is 177 cm³/mol. The molecule has 1 atom stereocenters. The molecule has 0 aromatic heterocycles. The summed E-state index contributed by atoms with van der Waals surface area (Å²) >= 11 is 0. The van der Waals surface area contributed by atoms with E-state index < -0.39 is 5.97 Å². The van der Waals surface area contributed by atoms with E-state index in [9.17, 15) is 15.0 Å². The van der Waals surface area contributed by atoms with Crippen molar-refractivity contribution in [3.8, 4) is 5.75 Å². The van der Waals surface area contributed by atoms with E-state index in [1.54, 1.807) is 6.92 Å². The number of benzene rings is 2. The second kappa shape index (κ2) is 12.4. The molecule has 0 amide bonds. The van der Waals surface area contributed by atoms with Crippen LogP contribution in [0.2, 0.25) is 0 Å². The van der Waals surface area contributed by atoms with Crippen LogP contribution in [0.1, 0.15) is 167 Å². The van der Waals surface area contributed by atoms with E-state index in [2.05, 4.69) is 114 Å². The summed E-state index contributed by atoms with van der Waals surface area (Å²) in [6, 6.07) is 9.02. The van der Waals surface area contributed by atoms with Gasteiger partial charge in [0.2, 0.25) is 0 Å². The van der Waals surface area contributed by atoms with Gasteiger partial charge in [-0.15, -0.1) is 0 Å². The van der Waals surface area contributed by atoms with Crippen LogP contribution in [-0.2, 0) is 26.5 Å². The number of hydrogen-bond donors (Lipinski definition) is 2. The molecule has 2 N–H and O–H groups in total. The average molecular weight is 563 g/mol. The molecular weight excluding hydrogens is 504 g/mol. The van der Waals surface area contributed by atoms with Gasteiger partial charge in [0.05, 0.1) is 0 Å². The minimum absolute atomic E-state index is 0.0508. The van der Waals surface area contributed by atoms with Crippen LogP contribution in [0.5, 0.6) is 5.75 Å². The van der Waals surface area contributed by atoms with Gasteiger partial charge in [-0.3, -0.25) is 0 Å². The summed E-state index contributed by atoms with van der Waals surface area (Å²) in [5.41, 5.74) is 7.44. The maximum Gasteiger partial charge on any atom is 0.331 e. The first-order valence-corrected chi connectivity index (χ1v) is 15.7. The quantitative estimate of drug-likeness (QED) is 0.253. The van der Waals surface area contributed by atoms with Crippen LogP contribution in [0, 0.1) is 0 Å². The van der Waals surface area contributed by atoms with Gasteiger partial charge >= 0.3 is 5.97 Å². The van der Waals surface area contributed by atoms with Crippen molar-refractivity contribution in [3.05, 3.63) is 68.8 Å². The zero-order chi connectivity index (χ0) is 31.7. The number of carbonyl (C=O) groups is 1. The number of aliphatic carboxylic acids is 1. The topological polar surface area (TPSA) is 57.5 Å². The smallest absolute Gasteiger partial charge is 0.331 e. The van der Waals surface area contributed by atoms with Crippen molar-refractivity contribution in [1.29, 1.82) is 0 Å². The predicted octanol–water partition coefficient (Wildman–Crippen LogP) is 10.8. The maximum atomic E-state index is 12.1. The van der Waals surface area contributed by atoms with Crippen LogP contribution in [0.25, 0.3) is 6.08 Å². The lowest BCUT2D eigenvalue weighted by atomic mass is 9.70. The molecule has 41 heavy (non-hydrogen) atoms. The summed E-state index contributed by atoms with van der Waals surface area (Å²) in [6.45, 7) is 30.7. The fourth-order valence-electron chi connectivity index (χ4n) is 5.27. The standard InChI is InChI=1S/C38H58O3/c1-15-35(7,8)26-20-28(30(19-24(5)34(40)41)31(22-26)37(11,12)17-3)25(6)29-21-27(36(9,10)16-2)23-32(33(29)39)38(13,14)18-4/h19-23,25,39H,15-18H2,1-14H3,(H,40,41). The van der Waals surface area contributed by atoms with Gasteiger partial charge in [0.25, 0.3) is 0 Å². The van der Waals surface area contributed by atoms with Crippen LogP contribution in [0.4, 0.5) is 0 Å². The highest BCUT2D eigenvalue weighted by Gasteiger charge is 2.33. The van der Waals surface area contributed by atoms with Crippen molar-refractivity contribution in [1.82, 2.24) is 0 Å². The first-order chi connectivity index (χ1) is 18.7. The summed E-state index contributed by atoms with van der Waals surface area (Å²) in [7, 11) is 0. The zero-order valence-corrected chi connectivity index (χ0v) is 28.6. The highest BCUT2D eigenvalue weighted by atomic mass is 16.4. The third-order valence-corrected chi connectivity index (χ3v) is 10.5. The van der Waals surface area contributed by atoms with Gasteiger partial charge in [-0.25, -0.2) is 4.79 Å². The zero-order valence-electron chi connectivity index (χ0n) is 28.6. The van der Waals surface area contributed by atoms with Crippen LogP contribution < -0.4 is 0 Å². The molecule has 0 aliphatic carbocycles. The second-order valence-electron chi connectivity index (χ2n) is 14.8. The molecule has 228 valence electrons. The lowest BCUT2D eigenvalue weighted by molar-refractivity contribution is -0.132. The van der Waals surface area contributed by atoms with E-state index in [1.807, 2.05) is 6.08 Å². The number of carboxylic acids is 1. The van der Waals surface area contributed by atoms with Crippen LogP contribution in [0.3, 0.4) is 0 Å². The number of phenols is 1. The Labute approximate surface area is 251 Å². The molecule has 0 aliphatic heterocycles. The van der Waals surface area contributed by atoms with Crippen molar-refractivity contribution < 1.29 is 15.0 Å². The van der Waals surface area contributed by atoms with Crippen LogP contribution in [0.15, 0.2) is 29.8 Å². The number of carboxylic acid groups (broad SMARTS) is 1. The van der Waals surface area contributed by atoms with Crippen molar-refractivity contribution in [2.45, 2.75) is 150 Å². The van der Waals surface area contributed by atoms with E-state index in [0.717, 1.165) is 47.9 Å². The Kier molecular flexibility index (Phi) is 10.4.